The van der Waals surface area contributed by atoms with E-state index in [0.29, 0.717) is 12.8 Å². The summed E-state index contributed by atoms with van der Waals surface area (Å²) in [5.74, 6) is -4.24. The van der Waals surface area contributed by atoms with Crippen LogP contribution in [0.1, 0.15) is 19.8 Å². The molecule has 2 bridgehead atoms. The Morgan fingerprint density at radius 1 is 1.43 bits per heavy atom. The van der Waals surface area contributed by atoms with Gasteiger partial charge in [-0.25, -0.2) is 9.59 Å². The van der Waals surface area contributed by atoms with Crippen LogP contribution in [-0.4, -0.2) is 42.9 Å². The van der Waals surface area contributed by atoms with Crippen LogP contribution in [0.4, 0.5) is 0 Å². The van der Waals surface area contributed by atoms with Gasteiger partial charge in [0.2, 0.25) is 0 Å². The molecule has 5 atom stereocenters. The predicted octanol–water partition coefficient (Wildman–Crippen LogP) is 0.0996. The highest BCUT2D eigenvalue weighted by Gasteiger charge is 2.74. The van der Waals surface area contributed by atoms with Crippen molar-refractivity contribution in [3.8, 4) is 0 Å². The zero-order chi connectivity index (χ0) is 16.8. The molecule has 124 valence electrons. The maximum Gasteiger partial charge on any atom is 0.344 e. The van der Waals surface area contributed by atoms with E-state index in [9.17, 15) is 19.2 Å². The summed E-state index contributed by atoms with van der Waals surface area (Å²) in [7, 11) is 0. The van der Waals surface area contributed by atoms with Gasteiger partial charge in [-0.1, -0.05) is 6.58 Å². The van der Waals surface area contributed by atoms with E-state index in [4.69, 9.17) is 18.9 Å². The molecule has 8 nitrogen and oxygen atoms in total. The van der Waals surface area contributed by atoms with Crippen LogP contribution in [0.2, 0.25) is 0 Å². The van der Waals surface area contributed by atoms with Gasteiger partial charge in [-0.05, 0) is 19.8 Å². The number of carbonyl (C=O) groups excluding carboxylic acids is 4. The standard InChI is InChI=1S/C15H16O8/c1-7(2)13(18)20-5-11(17)22-12-8-3-9-10(4-8)15(12,21-6-16)23-14(9)19/h6,8-10,12H,1,3-5H2,2H3. The van der Waals surface area contributed by atoms with Gasteiger partial charge in [0.05, 0.1) is 11.8 Å². The number of fused-ring (bicyclic) bond motifs is 1. The second-order valence-corrected chi connectivity index (χ2v) is 6.07. The average Bonchev–Trinajstić information content (AvgIpc) is 3.08. The fourth-order valence-electron chi connectivity index (χ4n) is 3.79. The Labute approximate surface area is 131 Å². The summed E-state index contributed by atoms with van der Waals surface area (Å²) in [6, 6.07) is 0. The number of ether oxygens (including phenoxy) is 4. The highest BCUT2D eigenvalue weighted by Crippen LogP contribution is 2.61. The van der Waals surface area contributed by atoms with Gasteiger partial charge in [-0.2, -0.15) is 0 Å². The summed E-state index contributed by atoms with van der Waals surface area (Å²) >= 11 is 0. The minimum Gasteiger partial charge on any atom is -0.451 e. The van der Waals surface area contributed by atoms with Crippen molar-refractivity contribution in [1.82, 2.24) is 0 Å². The molecule has 0 amide bonds. The highest BCUT2D eigenvalue weighted by atomic mass is 16.8. The number of esters is 3. The fourth-order valence-corrected chi connectivity index (χ4v) is 3.79. The van der Waals surface area contributed by atoms with Crippen molar-refractivity contribution in [3.05, 3.63) is 12.2 Å². The highest BCUT2D eigenvalue weighted by molar-refractivity contribution is 5.88. The quantitative estimate of drug-likeness (QED) is 0.293. The Balaban J connectivity index is 1.69. The van der Waals surface area contributed by atoms with Crippen molar-refractivity contribution in [1.29, 1.82) is 0 Å². The molecule has 0 N–H and O–H groups in total. The SMILES string of the molecule is C=C(C)C(=O)OCC(=O)OC1C2CC3C(=O)OC1(OC=O)C3C2. The smallest absolute Gasteiger partial charge is 0.344 e. The van der Waals surface area contributed by atoms with Gasteiger partial charge in [-0.15, -0.1) is 0 Å². The van der Waals surface area contributed by atoms with E-state index in [0.717, 1.165) is 0 Å². The lowest BCUT2D eigenvalue weighted by Crippen LogP contribution is -2.51. The monoisotopic (exact) mass is 324 g/mol. The second-order valence-electron chi connectivity index (χ2n) is 6.07. The summed E-state index contributed by atoms with van der Waals surface area (Å²) in [6.45, 7) is 4.46. The van der Waals surface area contributed by atoms with Crippen LogP contribution in [0, 0.1) is 17.8 Å². The first-order chi connectivity index (χ1) is 10.9. The van der Waals surface area contributed by atoms with Crippen molar-refractivity contribution in [2.24, 2.45) is 17.8 Å². The van der Waals surface area contributed by atoms with Crippen molar-refractivity contribution >= 4 is 24.4 Å². The Bertz CT molecular complexity index is 596. The van der Waals surface area contributed by atoms with Gasteiger partial charge in [0.15, 0.2) is 12.7 Å². The summed E-state index contributed by atoms with van der Waals surface area (Å²) in [6.07, 6.45) is 0.224. The third kappa shape index (κ3) is 2.29. The first-order valence-electron chi connectivity index (χ1n) is 7.25. The molecular weight excluding hydrogens is 308 g/mol. The van der Waals surface area contributed by atoms with Crippen LogP contribution in [-0.2, 0) is 38.1 Å². The lowest BCUT2D eigenvalue weighted by atomic mass is 9.85. The molecule has 8 heteroatoms. The van der Waals surface area contributed by atoms with Gasteiger partial charge < -0.3 is 18.9 Å². The maximum atomic E-state index is 11.9. The Hall–Kier alpha value is -2.38. The van der Waals surface area contributed by atoms with Gasteiger partial charge in [-0.3, -0.25) is 9.59 Å². The molecule has 2 saturated carbocycles. The molecule has 1 heterocycles. The first kappa shape index (κ1) is 15.5. The third-order valence-electron chi connectivity index (χ3n) is 4.66. The van der Waals surface area contributed by atoms with Crippen LogP contribution < -0.4 is 0 Å². The van der Waals surface area contributed by atoms with Crippen LogP contribution in [0.5, 0.6) is 0 Å². The molecule has 0 spiro atoms. The van der Waals surface area contributed by atoms with Gasteiger partial charge in [0, 0.05) is 11.5 Å². The molecule has 3 fully saturated rings. The van der Waals surface area contributed by atoms with Crippen LogP contribution in [0.3, 0.4) is 0 Å². The zero-order valence-electron chi connectivity index (χ0n) is 12.5. The minimum absolute atomic E-state index is 0.128. The van der Waals surface area contributed by atoms with Crippen molar-refractivity contribution in [2.45, 2.75) is 31.7 Å². The third-order valence-corrected chi connectivity index (χ3v) is 4.66. The maximum absolute atomic E-state index is 11.9. The molecule has 3 rings (SSSR count). The first-order valence-corrected chi connectivity index (χ1v) is 7.25. The van der Waals surface area contributed by atoms with Gasteiger partial charge in [0.1, 0.15) is 0 Å². The number of rotatable bonds is 6. The summed E-state index contributed by atoms with van der Waals surface area (Å²) < 4.78 is 20.3. The van der Waals surface area contributed by atoms with Gasteiger partial charge >= 0.3 is 17.9 Å². The van der Waals surface area contributed by atoms with Crippen LogP contribution in [0.15, 0.2) is 12.2 Å². The molecule has 1 saturated heterocycles. The fraction of sp³-hybridized carbons (Fsp3) is 0.600. The lowest BCUT2D eigenvalue weighted by Gasteiger charge is -2.34. The predicted molar refractivity (Wildman–Crippen MR) is 71.3 cm³/mol. The van der Waals surface area contributed by atoms with Crippen molar-refractivity contribution in [2.75, 3.05) is 6.61 Å². The molecule has 23 heavy (non-hydrogen) atoms. The number of hydrogen-bond acceptors (Lipinski definition) is 8. The molecule has 3 aliphatic rings. The van der Waals surface area contributed by atoms with Crippen LogP contribution in [0.25, 0.3) is 0 Å². The summed E-state index contributed by atoms with van der Waals surface area (Å²) in [4.78, 5) is 45.8. The van der Waals surface area contributed by atoms with E-state index in [2.05, 4.69) is 6.58 Å². The molecule has 0 aromatic heterocycles. The number of carbonyl (C=O) groups is 4. The normalized spacial score (nSPS) is 36.3. The van der Waals surface area contributed by atoms with Crippen molar-refractivity contribution < 1.29 is 38.1 Å². The van der Waals surface area contributed by atoms with Gasteiger partial charge in [0.25, 0.3) is 12.3 Å². The largest absolute Gasteiger partial charge is 0.451 e. The lowest BCUT2D eigenvalue weighted by molar-refractivity contribution is -0.253. The molecule has 2 aliphatic carbocycles. The summed E-state index contributed by atoms with van der Waals surface area (Å²) in [5.41, 5.74) is 0.158. The van der Waals surface area contributed by atoms with E-state index in [1.165, 1.54) is 6.92 Å². The van der Waals surface area contributed by atoms with E-state index in [1.807, 2.05) is 0 Å². The topological polar surface area (TPSA) is 105 Å². The Kier molecular flexibility index (Phi) is 3.62. The average molecular weight is 324 g/mol. The zero-order valence-corrected chi connectivity index (χ0v) is 12.5. The van der Waals surface area contributed by atoms with E-state index in [-0.39, 0.29) is 29.8 Å². The van der Waals surface area contributed by atoms with E-state index in [1.54, 1.807) is 0 Å². The molecule has 0 radical (unpaired) electrons. The van der Waals surface area contributed by atoms with E-state index < -0.39 is 36.4 Å². The number of hydrogen-bond donors (Lipinski definition) is 0. The molecule has 5 unspecified atom stereocenters. The molecule has 0 aromatic carbocycles. The molecular formula is C15H16O8. The second kappa shape index (κ2) is 5.36. The van der Waals surface area contributed by atoms with Crippen molar-refractivity contribution in [3.63, 3.8) is 0 Å². The Morgan fingerprint density at radius 2 is 2.17 bits per heavy atom. The Morgan fingerprint density at radius 3 is 2.83 bits per heavy atom. The minimum atomic E-state index is -1.54. The molecule has 1 aliphatic heterocycles. The van der Waals surface area contributed by atoms with E-state index >= 15 is 0 Å². The van der Waals surface area contributed by atoms with Crippen LogP contribution >= 0.6 is 0 Å². The summed E-state index contributed by atoms with van der Waals surface area (Å²) in [5, 5.41) is 0. The molecule has 0 aromatic rings.